The molecule has 2 aliphatic rings. The van der Waals surface area contributed by atoms with Crippen LogP contribution >= 0.6 is 12.2 Å². The van der Waals surface area contributed by atoms with Gasteiger partial charge in [0.2, 0.25) is 5.91 Å². The maximum Gasteiger partial charge on any atom is 0.236 e. The average molecular weight is 269 g/mol. The van der Waals surface area contributed by atoms with Gasteiger partial charge in [0.25, 0.3) is 0 Å². The molecule has 2 fully saturated rings. The maximum absolute atomic E-state index is 12.2. The van der Waals surface area contributed by atoms with E-state index in [0.717, 1.165) is 38.9 Å². The molecule has 102 valence electrons. The first-order chi connectivity index (χ1) is 8.66. The smallest absolute Gasteiger partial charge is 0.236 e. The number of carbonyl (C=O) groups excluding carboxylic acids is 1. The summed E-state index contributed by atoms with van der Waals surface area (Å²) in [5.74, 6) is 0.282. The van der Waals surface area contributed by atoms with Gasteiger partial charge in [0, 0.05) is 32.1 Å². The van der Waals surface area contributed by atoms with Crippen LogP contribution < -0.4 is 5.73 Å². The van der Waals surface area contributed by atoms with E-state index in [-0.39, 0.29) is 5.91 Å². The number of thiocarbonyl (C=S) groups is 1. The van der Waals surface area contributed by atoms with E-state index in [4.69, 9.17) is 18.0 Å². The Morgan fingerprint density at radius 3 is 2.50 bits per heavy atom. The first kappa shape index (κ1) is 13.7. The van der Waals surface area contributed by atoms with Gasteiger partial charge >= 0.3 is 0 Å². The van der Waals surface area contributed by atoms with Gasteiger partial charge in [0.05, 0.1) is 11.5 Å². The third-order valence-electron chi connectivity index (χ3n) is 3.76. The Hall–Kier alpha value is -0.680. The van der Waals surface area contributed by atoms with Gasteiger partial charge in [0.15, 0.2) is 0 Å². The number of nitrogens with zero attached hydrogens (tertiary/aromatic N) is 2. The Bertz CT molecular complexity index is 311. The minimum atomic E-state index is 0.282. The van der Waals surface area contributed by atoms with Crippen LogP contribution in [-0.2, 0) is 4.79 Å². The van der Waals surface area contributed by atoms with Gasteiger partial charge in [-0.05, 0) is 32.1 Å². The minimum Gasteiger partial charge on any atom is -0.393 e. The van der Waals surface area contributed by atoms with E-state index in [1.807, 2.05) is 4.90 Å². The molecule has 0 spiro atoms. The summed E-state index contributed by atoms with van der Waals surface area (Å²) in [7, 11) is 0. The highest BCUT2D eigenvalue weighted by Crippen LogP contribution is 2.27. The molecule has 1 aliphatic heterocycles. The fourth-order valence-electron chi connectivity index (χ4n) is 2.50. The van der Waals surface area contributed by atoms with E-state index in [1.165, 1.54) is 19.3 Å². The summed E-state index contributed by atoms with van der Waals surface area (Å²) >= 11 is 4.92. The molecule has 0 aromatic carbocycles. The maximum atomic E-state index is 12.2. The van der Waals surface area contributed by atoms with Crippen molar-refractivity contribution < 1.29 is 4.79 Å². The fraction of sp³-hybridized carbons (Fsp3) is 0.846. The Morgan fingerprint density at radius 2 is 1.94 bits per heavy atom. The lowest BCUT2D eigenvalue weighted by atomic mass is 10.1. The summed E-state index contributed by atoms with van der Waals surface area (Å²) in [6.45, 7) is 3.26. The Labute approximate surface area is 114 Å². The second kappa shape index (κ2) is 6.48. The van der Waals surface area contributed by atoms with Gasteiger partial charge in [0.1, 0.15) is 0 Å². The van der Waals surface area contributed by atoms with Crippen LogP contribution in [0.2, 0.25) is 0 Å². The first-order valence-electron chi connectivity index (χ1n) is 6.97. The Morgan fingerprint density at radius 1 is 1.28 bits per heavy atom. The van der Waals surface area contributed by atoms with Crippen LogP contribution in [0, 0.1) is 0 Å². The van der Waals surface area contributed by atoms with Gasteiger partial charge in [-0.15, -0.1) is 0 Å². The van der Waals surface area contributed by atoms with E-state index in [2.05, 4.69) is 4.90 Å². The van der Waals surface area contributed by atoms with Gasteiger partial charge in [-0.25, -0.2) is 0 Å². The number of hydrogen-bond donors (Lipinski definition) is 1. The summed E-state index contributed by atoms with van der Waals surface area (Å²) in [6, 6.07) is 0.591. The topological polar surface area (TPSA) is 49.6 Å². The van der Waals surface area contributed by atoms with Crippen molar-refractivity contribution in [1.82, 2.24) is 9.80 Å². The molecular weight excluding hydrogens is 246 g/mol. The summed E-state index contributed by atoms with van der Waals surface area (Å²) in [4.78, 5) is 17.0. The van der Waals surface area contributed by atoms with Gasteiger partial charge in [-0.2, -0.15) is 0 Å². The van der Waals surface area contributed by atoms with Crippen LogP contribution in [0.15, 0.2) is 0 Å². The second-order valence-corrected chi connectivity index (χ2v) is 5.88. The number of nitrogens with two attached hydrogens (primary N) is 1. The van der Waals surface area contributed by atoms with Crippen LogP contribution in [-0.4, -0.2) is 52.9 Å². The van der Waals surface area contributed by atoms with Crippen LogP contribution in [0.25, 0.3) is 0 Å². The van der Waals surface area contributed by atoms with Crippen molar-refractivity contribution >= 4 is 23.1 Å². The lowest BCUT2D eigenvalue weighted by Gasteiger charge is -2.30. The lowest BCUT2D eigenvalue weighted by molar-refractivity contribution is -0.133. The summed E-state index contributed by atoms with van der Waals surface area (Å²) in [5.41, 5.74) is 5.54. The van der Waals surface area contributed by atoms with E-state index >= 15 is 0 Å². The van der Waals surface area contributed by atoms with Gasteiger partial charge in [-0.3, -0.25) is 9.69 Å². The van der Waals surface area contributed by atoms with Crippen molar-refractivity contribution in [2.24, 2.45) is 5.73 Å². The quantitative estimate of drug-likeness (QED) is 0.735. The largest absolute Gasteiger partial charge is 0.393 e. The van der Waals surface area contributed by atoms with Crippen LogP contribution in [0.4, 0.5) is 0 Å². The molecule has 1 aliphatic carbocycles. The van der Waals surface area contributed by atoms with E-state index in [1.54, 1.807) is 0 Å². The summed E-state index contributed by atoms with van der Waals surface area (Å²) in [6.07, 6.45) is 6.72. The Balaban J connectivity index is 1.79. The number of likely N-dealkylation sites (tertiary alicyclic amines) is 1. The average Bonchev–Trinajstić information content (AvgIpc) is 3.19. The van der Waals surface area contributed by atoms with Crippen molar-refractivity contribution in [3.63, 3.8) is 0 Å². The predicted molar refractivity (Wildman–Crippen MR) is 76.4 cm³/mol. The third kappa shape index (κ3) is 4.21. The number of carbonyl (C=O) groups is 1. The molecule has 5 heteroatoms. The monoisotopic (exact) mass is 269 g/mol. The highest BCUT2D eigenvalue weighted by molar-refractivity contribution is 7.80. The zero-order chi connectivity index (χ0) is 13.0. The molecule has 4 nitrogen and oxygen atoms in total. The highest BCUT2D eigenvalue weighted by atomic mass is 32.1. The van der Waals surface area contributed by atoms with Gasteiger partial charge in [-0.1, -0.05) is 12.2 Å². The second-order valence-electron chi connectivity index (χ2n) is 5.36. The first-order valence-corrected chi connectivity index (χ1v) is 7.38. The Kier molecular flexibility index (Phi) is 4.95. The normalized spacial score (nSPS) is 20.2. The van der Waals surface area contributed by atoms with Crippen molar-refractivity contribution in [2.75, 3.05) is 26.2 Å². The van der Waals surface area contributed by atoms with Gasteiger partial charge < -0.3 is 10.6 Å². The number of rotatable bonds is 6. The van der Waals surface area contributed by atoms with Crippen molar-refractivity contribution in [3.05, 3.63) is 0 Å². The molecule has 18 heavy (non-hydrogen) atoms. The van der Waals surface area contributed by atoms with E-state index in [0.29, 0.717) is 17.6 Å². The van der Waals surface area contributed by atoms with Crippen molar-refractivity contribution in [3.8, 4) is 0 Å². The molecule has 0 bridgehead atoms. The molecule has 1 saturated carbocycles. The van der Waals surface area contributed by atoms with Crippen LogP contribution in [0.1, 0.15) is 38.5 Å². The van der Waals surface area contributed by atoms with Crippen molar-refractivity contribution in [1.29, 1.82) is 0 Å². The lowest BCUT2D eigenvalue weighted by Crippen LogP contribution is -2.44. The minimum absolute atomic E-state index is 0.282. The molecule has 0 atom stereocenters. The predicted octanol–water partition coefficient (Wildman–Crippen LogP) is 1.14. The number of hydrogen-bond acceptors (Lipinski definition) is 3. The molecule has 0 unspecified atom stereocenters. The third-order valence-corrected chi connectivity index (χ3v) is 3.96. The summed E-state index contributed by atoms with van der Waals surface area (Å²) in [5, 5.41) is 0. The zero-order valence-electron chi connectivity index (χ0n) is 10.9. The molecule has 1 heterocycles. The van der Waals surface area contributed by atoms with Crippen LogP contribution in [0.5, 0.6) is 0 Å². The number of piperidine rings is 1. The summed E-state index contributed by atoms with van der Waals surface area (Å²) < 4.78 is 0. The molecule has 0 radical (unpaired) electrons. The molecular formula is C13H23N3OS. The molecule has 2 rings (SSSR count). The molecule has 1 saturated heterocycles. The SMILES string of the molecule is NC(=S)CCN(CC(=O)N1CCCCC1)C1CC1. The number of amides is 1. The standard InChI is InChI=1S/C13H23N3OS/c14-12(18)6-9-16(11-4-5-11)10-13(17)15-7-2-1-3-8-15/h11H,1-10H2,(H2,14,18). The molecule has 0 aromatic heterocycles. The molecule has 1 amide bonds. The zero-order valence-corrected chi connectivity index (χ0v) is 11.8. The van der Waals surface area contributed by atoms with Crippen molar-refractivity contribution in [2.45, 2.75) is 44.6 Å². The highest BCUT2D eigenvalue weighted by Gasteiger charge is 2.31. The molecule has 2 N–H and O–H groups in total. The fourth-order valence-corrected chi connectivity index (χ4v) is 2.59. The van der Waals surface area contributed by atoms with Crippen LogP contribution in [0.3, 0.4) is 0 Å². The van der Waals surface area contributed by atoms with E-state index in [9.17, 15) is 4.79 Å². The molecule has 0 aromatic rings. The van der Waals surface area contributed by atoms with E-state index < -0.39 is 0 Å².